The molecule has 0 aliphatic heterocycles. The summed E-state index contributed by atoms with van der Waals surface area (Å²) in [5.41, 5.74) is 2.08. The maximum atomic E-state index is 11.6. The summed E-state index contributed by atoms with van der Waals surface area (Å²) in [5.74, 6) is 0.0262. The van der Waals surface area contributed by atoms with E-state index < -0.39 is 0 Å². The Morgan fingerprint density at radius 2 is 1.75 bits per heavy atom. The lowest BCUT2D eigenvalue weighted by Gasteiger charge is -2.05. The normalized spacial score (nSPS) is 10.9. The Balaban J connectivity index is 2.12. The van der Waals surface area contributed by atoms with Crippen molar-refractivity contribution in [2.75, 3.05) is 5.88 Å². The molecule has 1 nitrogen and oxygen atoms in total. The molecule has 0 aromatic heterocycles. The Bertz CT molecular complexity index is 589. The molecule has 0 aliphatic rings. The summed E-state index contributed by atoms with van der Waals surface area (Å²) in [6, 6.07) is 12.3. The molecule has 0 amide bonds. The number of Topliss-reactive ketones (excluding diaryl/α,β-unsaturated/α-hetero) is 1. The minimum atomic E-state index is -0.0165. The Morgan fingerprint density at radius 1 is 1.00 bits per heavy atom. The molecule has 0 saturated carbocycles. The molecule has 0 unspecified atom stereocenters. The van der Waals surface area contributed by atoms with E-state index in [4.69, 9.17) is 11.6 Å². The van der Waals surface area contributed by atoms with Gasteiger partial charge < -0.3 is 0 Å². The molecule has 0 saturated heterocycles. The molecule has 2 rings (SSSR count). The first-order chi connectivity index (χ1) is 9.74. The first-order valence-corrected chi connectivity index (χ1v) is 7.90. The maximum Gasteiger partial charge on any atom is 0.177 e. The average Bonchev–Trinajstić information content (AvgIpc) is 2.50. The Hall–Kier alpha value is -1.34. The Morgan fingerprint density at radius 3 is 2.50 bits per heavy atom. The van der Waals surface area contributed by atoms with E-state index in [2.05, 4.69) is 25.1 Å². The van der Waals surface area contributed by atoms with E-state index >= 15 is 0 Å². The van der Waals surface area contributed by atoms with E-state index in [1.807, 2.05) is 18.2 Å². The first kappa shape index (κ1) is 15.1. The van der Waals surface area contributed by atoms with Gasteiger partial charge in [0.2, 0.25) is 0 Å². The van der Waals surface area contributed by atoms with Gasteiger partial charge in [0.15, 0.2) is 5.78 Å². The SMILES string of the molecule is CCCCCCc1ccc2cc(C(=O)CCl)ccc2c1. The van der Waals surface area contributed by atoms with Gasteiger partial charge in [-0.3, -0.25) is 4.79 Å². The van der Waals surface area contributed by atoms with Gasteiger partial charge in [-0.25, -0.2) is 0 Å². The van der Waals surface area contributed by atoms with E-state index in [1.54, 1.807) is 0 Å². The quantitative estimate of drug-likeness (QED) is 0.379. The van der Waals surface area contributed by atoms with Gasteiger partial charge in [-0.05, 0) is 35.2 Å². The molecule has 106 valence electrons. The van der Waals surface area contributed by atoms with Crippen LogP contribution in [0.3, 0.4) is 0 Å². The fourth-order valence-electron chi connectivity index (χ4n) is 2.46. The van der Waals surface area contributed by atoms with Crippen molar-refractivity contribution in [3.05, 3.63) is 47.5 Å². The highest BCUT2D eigenvalue weighted by molar-refractivity contribution is 6.30. The van der Waals surface area contributed by atoms with Crippen LogP contribution in [0, 0.1) is 0 Å². The van der Waals surface area contributed by atoms with Crippen LogP contribution in [0.25, 0.3) is 10.8 Å². The molecule has 2 aromatic rings. The highest BCUT2D eigenvalue weighted by Crippen LogP contribution is 2.20. The molecule has 0 atom stereocenters. The smallest absolute Gasteiger partial charge is 0.177 e. The van der Waals surface area contributed by atoms with Crippen molar-refractivity contribution in [2.45, 2.75) is 39.0 Å². The van der Waals surface area contributed by atoms with Crippen molar-refractivity contribution in [3.8, 4) is 0 Å². The number of unbranched alkanes of at least 4 members (excludes halogenated alkanes) is 3. The van der Waals surface area contributed by atoms with E-state index in [0.29, 0.717) is 5.56 Å². The lowest BCUT2D eigenvalue weighted by atomic mass is 10.00. The largest absolute Gasteiger partial charge is 0.293 e. The summed E-state index contributed by atoms with van der Waals surface area (Å²) < 4.78 is 0. The molecule has 0 bridgehead atoms. The predicted octanol–water partition coefficient (Wildman–Crippen LogP) is 5.38. The van der Waals surface area contributed by atoms with E-state index in [1.165, 1.54) is 36.6 Å². The topological polar surface area (TPSA) is 17.1 Å². The van der Waals surface area contributed by atoms with E-state index in [9.17, 15) is 4.79 Å². The van der Waals surface area contributed by atoms with Gasteiger partial charge >= 0.3 is 0 Å². The number of aryl methyl sites for hydroxylation is 1. The zero-order chi connectivity index (χ0) is 14.4. The summed E-state index contributed by atoms with van der Waals surface area (Å²) in [6.07, 6.45) is 6.28. The van der Waals surface area contributed by atoms with Gasteiger partial charge in [0, 0.05) is 5.56 Å². The third-order valence-electron chi connectivity index (χ3n) is 3.67. The third-order valence-corrected chi connectivity index (χ3v) is 3.91. The van der Waals surface area contributed by atoms with Crippen LogP contribution in [-0.2, 0) is 6.42 Å². The number of hydrogen-bond acceptors (Lipinski definition) is 1. The Labute approximate surface area is 125 Å². The lowest BCUT2D eigenvalue weighted by molar-refractivity contribution is 0.102. The molecular weight excluding hydrogens is 268 g/mol. The summed E-state index contributed by atoms with van der Waals surface area (Å²) in [7, 11) is 0. The number of alkyl halides is 1. The summed E-state index contributed by atoms with van der Waals surface area (Å²) >= 11 is 5.60. The van der Waals surface area contributed by atoms with Crippen molar-refractivity contribution < 1.29 is 4.79 Å². The van der Waals surface area contributed by atoms with Gasteiger partial charge in [-0.2, -0.15) is 0 Å². The molecule has 2 heteroatoms. The summed E-state index contributed by atoms with van der Waals surface area (Å²) in [4.78, 5) is 11.6. The van der Waals surface area contributed by atoms with Gasteiger partial charge in [-0.1, -0.05) is 56.5 Å². The molecule has 0 radical (unpaired) electrons. The molecule has 2 aromatic carbocycles. The van der Waals surface area contributed by atoms with Crippen LogP contribution < -0.4 is 0 Å². The fraction of sp³-hybridized carbons (Fsp3) is 0.389. The van der Waals surface area contributed by atoms with Crippen LogP contribution in [0.5, 0.6) is 0 Å². The highest BCUT2D eigenvalue weighted by atomic mass is 35.5. The van der Waals surface area contributed by atoms with Crippen LogP contribution in [0.1, 0.15) is 48.5 Å². The number of ketones is 1. The number of carbonyl (C=O) groups is 1. The molecule has 0 heterocycles. The van der Waals surface area contributed by atoms with Crippen LogP contribution in [0.4, 0.5) is 0 Å². The van der Waals surface area contributed by atoms with Crippen LogP contribution >= 0.6 is 11.6 Å². The second-order valence-electron chi connectivity index (χ2n) is 5.26. The minimum Gasteiger partial charge on any atom is -0.293 e. The number of halogens is 1. The monoisotopic (exact) mass is 288 g/mol. The molecular formula is C18H21ClO. The van der Waals surface area contributed by atoms with Gasteiger partial charge in [0.05, 0.1) is 5.88 Å². The zero-order valence-electron chi connectivity index (χ0n) is 12.0. The first-order valence-electron chi connectivity index (χ1n) is 7.36. The highest BCUT2D eigenvalue weighted by Gasteiger charge is 2.05. The summed E-state index contributed by atoms with van der Waals surface area (Å²) in [6.45, 7) is 2.23. The van der Waals surface area contributed by atoms with Crippen LogP contribution in [0.15, 0.2) is 36.4 Å². The van der Waals surface area contributed by atoms with Crippen molar-refractivity contribution >= 4 is 28.2 Å². The second-order valence-corrected chi connectivity index (χ2v) is 5.53. The molecule has 20 heavy (non-hydrogen) atoms. The predicted molar refractivity (Wildman–Crippen MR) is 86.8 cm³/mol. The minimum absolute atomic E-state index is 0.0165. The van der Waals surface area contributed by atoms with Crippen molar-refractivity contribution in [2.24, 2.45) is 0 Å². The van der Waals surface area contributed by atoms with Gasteiger partial charge in [0.1, 0.15) is 0 Å². The standard InChI is InChI=1S/C18H21ClO/c1-2-3-4-5-6-14-7-8-16-12-17(18(20)13-19)10-9-15(16)11-14/h7-12H,2-6,13H2,1H3. The van der Waals surface area contributed by atoms with Crippen molar-refractivity contribution in [1.82, 2.24) is 0 Å². The van der Waals surface area contributed by atoms with Gasteiger partial charge in [0.25, 0.3) is 0 Å². The number of hydrogen-bond donors (Lipinski definition) is 0. The Kier molecular flexibility index (Phi) is 5.60. The number of rotatable bonds is 7. The molecule has 0 N–H and O–H groups in total. The molecule has 0 spiro atoms. The maximum absolute atomic E-state index is 11.6. The number of benzene rings is 2. The van der Waals surface area contributed by atoms with Crippen LogP contribution in [-0.4, -0.2) is 11.7 Å². The lowest BCUT2D eigenvalue weighted by Crippen LogP contribution is -1.99. The van der Waals surface area contributed by atoms with E-state index in [-0.39, 0.29) is 11.7 Å². The molecule has 0 aliphatic carbocycles. The van der Waals surface area contributed by atoms with Crippen LogP contribution in [0.2, 0.25) is 0 Å². The van der Waals surface area contributed by atoms with Gasteiger partial charge in [-0.15, -0.1) is 11.6 Å². The average molecular weight is 289 g/mol. The zero-order valence-corrected chi connectivity index (χ0v) is 12.7. The second kappa shape index (κ2) is 7.44. The van der Waals surface area contributed by atoms with Crippen molar-refractivity contribution in [1.29, 1.82) is 0 Å². The number of fused-ring (bicyclic) bond motifs is 1. The fourth-order valence-corrected chi connectivity index (χ4v) is 2.61. The summed E-state index contributed by atoms with van der Waals surface area (Å²) in [5, 5.41) is 2.31. The van der Waals surface area contributed by atoms with E-state index in [0.717, 1.165) is 11.8 Å². The van der Waals surface area contributed by atoms with Crippen molar-refractivity contribution in [3.63, 3.8) is 0 Å². The third kappa shape index (κ3) is 3.83. The molecule has 0 fully saturated rings. The number of carbonyl (C=O) groups excluding carboxylic acids is 1.